The van der Waals surface area contributed by atoms with Crippen molar-refractivity contribution < 1.29 is 36.8 Å². The number of halogens is 5. The van der Waals surface area contributed by atoms with E-state index >= 15 is 4.39 Å². The molecular formula is C38H41ClF4N8O4. The Balaban J connectivity index is 0.000000145. The molecule has 3 unspecified atom stereocenters. The Bertz CT molecular complexity index is 2090. The molecule has 2 aromatic heterocycles. The number of amidine groups is 1. The van der Waals surface area contributed by atoms with Crippen LogP contribution >= 0.6 is 11.6 Å². The van der Waals surface area contributed by atoms with Gasteiger partial charge in [-0.05, 0) is 56.2 Å². The number of amides is 1. The lowest BCUT2D eigenvalue weighted by molar-refractivity contribution is -0.125. The number of nitrogens with one attached hydrogen (secondary N) is 1. The van der Waals surface area contributed by atoms with Crippen LogP contribution in [0.1, 0.15) is 32.1 Å². The van der Waals surface area contributed by atoms with Crippen LogP contribution in [0.4, 0.5) is 23.5 Å². The van der Waals surface area contributed by atoms with E-state index in [1.54, 1.807) is 36.4 Å². The maximum Gasteiger partial charge on any atom is 0.318 e. The second-order valence-electron chi connectivity index (χ2n) is 13.8. The second kappa shape index (κ2) is 17.0. The number of rotatable bonds is 6. The number of hydrogen-bond acceptors (Lipinski definition) is 11. The van der Waals surface area contributed by atoms with Crippen molar-refractivity contribution in [1.29, 1.82) is 0 Å². The van der Waals surface area contributed by atoms with Crippen molar-refractivity contribution in [3.05, 3.63) is 65.3 Å². The number of hydrogen-bond donors (Lipinski definition) is 1. The van der Waals surface area contributed by atoms with Gasteiger partial charge in [-0.25, -0.2) is 28.5 Å². The quantitative estimate of drug-likeness (QED) is 0.134. The third-order valence-corrected chi connectivity index (χ3v) is 10.5. The number of carbonyl (C=O) groups excluding carboxylic acids is 1. The number of likely N-dealkylation sites (tertiary alicyclic amines) is 1. The molecule has 0 spiro atoms. The zero-order valence-corrected chi connectivity index (χ0v) is 31.1. The van der Waals surface area contributed by atoms with E-state index in [4.69, 9.17) is 25.9 Å². The number of nitrogens with zero attached hydrogens (tertiary/aromatic N) is 7. The summed E-state index contributed by atoms with van der Waals surface area (Å²) in [6, 6.07) is 8.17. The molecule has 2 aromatic carbocycles. The third-order valence-electron chi connectivity index (χ3n) is 10.2. The van der Waals surface area contributed by atoms with Crippen molar-refractivity contribution in [1.82, 2.24) is 30.2 Å². The van der Waals surface area contributed by atoms with Crippen molar-refractivity contribution in [2.24, 2.45) is 10.9 Å². The molecule has 0 saturated carbocycles. The molecule has 4 aromatic rings. The van der Waals surface area contributed by atoms with Crippen LogP contribution in [-0.2, 0) is 14.4 Å². The van der Waals surface area contributed by atoms with Gasteiger partial charge in [0, 0.05) is 55.9 Å². The highest BCUT2D eigenvalue weighted by molar-refractivity contribution is 6.36. The van der Waals surface area contributed by atoms with Crippen molar-refractivity contribution in [3.63, 3.8) is 0 Å². The molecule has 3 atom stereocenters. The Hall–Kier alpha value is -4.64. The number of aliphatic imine (C=N–C) groups is 1. The standard InChI is InChI=1S/C19H12ClF3N4O.C12H17N3O3.C7H12FN/c1-27(23)18-11-8-24-16(15(22)17(11)25-19(26-18)28-2)10-5-3-4-9-6-7-12(21)14(20)13(9)10;16-11(15-5-1-2-6-15)4-3-10-13-12(14-18-10)9-7-17-8-9;8-6-4-7-2-1-3-9(7)5-6/h3-8H,1-2H3;3-4,9-10H,1-2,5-8H2,(H,13,14);6-7H,1-5H2/b;4-3+;. The third kappa shape index (κ3) is 8.47. The Labute approximate surface area is 320 Å². The van der Waals surface area contributed by atoms with E-state index in [-0.39, 0.29) is 50.0 Å². The average Bonchev–Trinajstić information content (AvgIpc) is 3.99. The Kier molecular flexibility index (Phi) is 12.0. The van der Waals surface area contributed by atoms with Gasteiger partial charge in [-0.2, -0.15) is 15.1 Å². The fourth-order valence-electron chi connectivity index (χ4n) is 7.25. The normalized spacial score (nSPS) is 22.1. The molecule has 17 heteroatoms. The van der Waals surface area contributed by atoms with E-state index < -0.39 is 24.0 Å². The molecule has 0 bridgehead atoms. The van der Waals surface area contributed by atoms with Gasteiger partial charge in [-0.1, -0.05) is 40.3 Å². The number of anilines is 1. The molecule has 5 aliphatic heterocycles. The number of aromatic nitrogens is 3. The minimum Gasteiger partial charge on any atom is -0.467 e. The first-order valence-corrected chi connectivity index (χ1v) is 18.6. The summed E-state index contributed by atoms with van der Waals surface area (Å²) in [5.41, 5.74) is 2.80. The zero-order valence-electron chi connectivity index (χ0n) is 30.4. The van der Waals surface area contributed by atoms with Crippen LogP contribution < -0.4 is 15.3 Å². The molecule has 4 fully saturated rings. The molecule has 9 rings (SSSR count). The van der Waals surface area contributed by atoms with Gasteiger partial charge in [-0.15, -0.1) is 0 Å². The summed E-state index contributed by atoms with van der Waals surface area (Å²) in [6.07, 6.45) is 9.13. The molecule has 55 heavy (non-hydrogen) atoms. The van der Waals surface area contributed by atoms with Gasteiger partial charge >= 0.3 is 6.01 Å². The number of carbonyl (C=O) groups is 1. The summed E-state index contributed by atoms with van der Waals surface area (Å²) in [6.45, 7) is 4.97. The van der Waals surface area contributed by atoms with Crippen molar-refractivity contribution >= 4 is 50.8 Å². The zero-order chi connectivity index (χ0) is 38.6. The fraction of sp³-hybridized carbons (Fsp3) is 0.447. The molecule has 1 N–H and O–H groups in total. The summed E-state index contributed by atoms with van der Waals surface area (Å²) in [4.78, 5) is 37.5. The monoisotopic (exact) mass is 784 g/mol. The molecule has 1 amide bonds. The Morgan fingerprint density at radius 3 is 2.62 bits per heavy atom. The number of alkyl halides is 1. The molecular weight excluding hydrogens is 744 g/mol. The first-order chi connectivity index (χ1) is 26.6. The molecule has 4 saturated heterocycles. The van der Waals surface area contributed by atoms with Crippen molar-refractivity contribution in [2.75, 3.05) is 58.7 Å². The number of ether oxygens (including phenoxy) is 2. The lowest BCUT2D eigenvalue weighted by Crippen LogP contribution is -2.39. The lowest BCUT2D eigenvalue weighted by atomic mass is 10.0. The predicted octanol–water partition coefficient (Wildman–Crippen LogP) is 6.37. The molecule has 0 aliphatic carbocycles. The summed E-state index contributed by atoms with van der Waals surface area (Å²) in [7, 11) is 2.40. The van der Waals surface area contributed by atoms with E-state index in [1.807, 2.05) is 4.90 Å². The number of benzene rings is 2. The maximum atomic E-state index is 15.4. The Morgan fingerprint density at radius 2 is 1.91 bits per heavy atom. The smallest absolute Gasteiger partial charge is 0.318 e. The summed E-state index contributed by atoms with van der Waals surface area (Å²) < 4.78 is 65.9. The molecule has 12 nitrogen and oxygen atoms in total. The molecule has 292 valence electrons. The highest BCUT2D eigenvalue weighted by Gasteiger charge is 2.35. The van der Waals surface area contributed by atoms with Crippen molar-refractivity contribution in [2.45, 2.75) is 50.5 Å². The van der Waals surface area contributed by atoms with E-state index in [0.29, 0.717) is 42.5 Å². The topological polar surface area (TPSA) is 118 Å². The van der Waals surface area contributed by atoms with Gasteiger partial charge in [0.1, 0.15) is 29.0 Å². The van der Waals surface area contributed by atoms with E-state index in [2.05, 4.69) is 30.3 Å². The van der Waals surface area contributed by atoms with E-state index in [1.165, 1.54) is 32.2 Å². The van der Waals surface area contributed by atoms with Crippen LogP contribution in [0.25, 0.3) is 32.9 Å². The van der Waals surface area contributed by atoms with Crippen LogP contribution in [0.3, 0.4) is 0 Å². The fourth-order valence-corrected chi connectivity index (χ4v) is 7.53. The average molecular weight is 785 g/mol. The maximum absolute atomic E-state index is 15.4. The number of fused-ring (bicyclic) bond motifs is 3. The number of methoxy groups -OCH3 is 1. The minimum atomic E-state index is -0.825. The van der Waals surface area contributed by atoms with Crippen LogP contribution in [0.5, 0.6) is 6.01 Å². The predicted molar refractivity (Wildman–Crippen MR) is 200 cm³/mol. The summed E-state index contributed by atoms with van der Waals surface area (Å²) >= 11 is 6.14. The van der Waals surface area contributed by atoms with E-state index in [0.717, 1.165) is 51.8 Å². The van der Waals surface area contributed by atoms with Gasteiger partial charge in [0.25, 0.3) is 0 Å². The first kappa shape index (κ1) is 38.6. The number of hydroxylamine groups is 1. The van der Waals surface area contributed by atoms with Crippen LogP contribution in [0.15, 0.2) is 53.7 Å². The van der Waals surface area contributed by atoms with Gasteiger partial charge in [0.15, 0.2) is 17.9 Å². The van der Waals surface area contributed by atoms with Crippen LogP contribution in [0, 0.1) is 17.6 Å². The second-order valence-corrected chi connectivity index (χ2v) is 14.2. The lowest BCUT2D eigenvalue weighted by Gasteiger charge is -2.24. The van der Waals surface area contributed by atoms with Gasteiger partial charge in [0.2, 0.25) is 5.91 Å². The van der Waals surface area contributed by atoms with Gasteiger partial charge in [-0.3, -0.25) is 14.7 Å². The SMILES string of the molecule is COc1nc(N(C)F)c2cnc(-c3cccc4ccc(F)c(Cl)c34)c(F)c2n1.FC1CC2CCCN2C1.O=C(/C=C/C1N=C(C2COC2)NO1)N1CCCC1. The van der Waals surface area contributed by atoms with Crippen LogP contribution in [-0.4, -0.2) is 108 Å². The minimum absolute atomic E-state index is 0.0479. The number of pyridine rings is 1. The van der Waals surface area contributed by atoms with E-state index in [9.17, 15) is 18.1 Å². The van der Waals surface area contributed by atoms with Gasteiger partial charge in [0.05, 0.1) is 36.7 Å². The van der Waals surface area contributed by atoms with Crippen LogP contribution in [0.2, 0.25) is 5.02 Å². The largest absolute Gasteiger partial charge is 0.467 e. The summed E-state index contributed by atoms with van der Waals surface area (Å²) in [5.74, 6) is -0.460. The molecule has 0 radical (unpaired) electrons. The summed E-state index contributed by atoms with van der Waals surface area (Å²) in [5, 5.41) is 1.08. The molecule has 5 aliphatic rings. The van der Waals surface area contributed by atoms with Gasteiger partial charge < -0.3 is 14.4 Å². The highest BCUT2D eigenvalue weighted by atomic mass is 35.5. The molecule has 7 heterocycles. The first-order valence-electron chi connectivity index (χ1n) is 18.2. The highest BCUT2D eigenvalue weighted by Crippen LogP contribution is 2.38. The van der Waals surface area contributed by atoms with Crippen molar-refractivity contribution in [3.8, 4) is 17.3 Å². The Morgan fingerprint density at radius 1 is 1.11 bits per heavy atom.